The summed E-state index contributed by atoms with van der Waals surface area (Å²) in [5, 5.41) is 17.8. The first-order valence-electron chi connectivity index (χ1n) is 7.03. The molecule has 100 valence electrons. The quantitative estimate of drug-likeness (QED) is 0.913. The van der Waals surface area contributed by atoms with E-state index < -0.39 is 0 Å². The number of hydrogen-bond donors (Lipinski definition) is 1. The summed E-state index contributed by atoms with van der Waals surface area (Å²) in [6.07, 6.45) is 2.12. The van der Waals surface area contributed by atoms with Gasteiger partial charge in [0.2, 0.25) is 0 Å². The van der Waals surface area contributed by atoms with Gasteiger partial charge in [0.15, 0.2) is 0 Å². The van der Waals surface area contributed by atoms with Crippen molar-refractivity contribution < 1.29 is 5.11 Å². The van der Waals surface area contributed by atoms with Crippen LogP contribution >= 0.6 is 0 Å². The molecule has 3 rings (SSSR count). The first kappa shape index (κ1) is 12.9. The van der Waals surface area contributed by atoms with E-state index in [0.717, 1.165) is 12.0 Å². The average Bonchev–Trinajstić information content (AvgIpc) is 3.27. The monoisotopic (exact) mass is 263 g/mol. The minimum absolute atomic E-state index is 0.296. The Hall–Kier alpha value is -2.11. The Bertz CT molecular complexity index is 622. The molecule has 1 aliphatic rings. The van der Waals surface area contributed by atoms with Gasteiger partial charge >= 0.3 is 0 Å². The summed E-state index contributed by atoms with van der Waals surface area (Å²) < 4.78 is 0. The van der Waals surface area contributed by atoms with Crippen molar-refractivity contribution in [2.45, 2.75) is 18.8 Å². The fourth-order valence-corrected chi connectivity index (χ4v) is 2.80. The smallest absolute Gasteiger partial charge is 0.0991 e. The molecule has 0 unspecified atom stereocenters. The molecule has 2 atom stereocenters. The molecule has 0 spiro atoms. The lowest BCUT2D eigenvalue weighted by Gasteiger charge is -2.04. The molecule has 0 aliphatic heterocycles. The molecule has 2 aromatic carbocycles. The van der Waals surface area contributed by atoms with Crippen LogP contribution in [0.15, 0.2) is 48.5 Å². The van der Waals surface area contributed by atoms with Crippen molar-refractivity contribution in [1.82, 2.24) is 0 Å². The maximum absolute atomic E-state index is 8.95. The van der Waals surface area contributed by atoms with Crippen molar-refractivity contribution in [2.75, 3.05) is 6.61 Å². The highest BCUT2D eigenvalue weighted by atomic mass is 16.3. The van der Waals surface area contributed by atoms with E-state index in [0.29, 0.717) is 24.0 Å². The van der Waals surface area contributed by atoms with Gasteiger partial charge in [0.05, 0.1) is 11.6 Å². The number of aliphatic hydroxyl groups is 1. The number of aliphatic hydroxyl groups excluding tert-OH is 1. The predicted octanol–water partition coefficient (Wildman–Crippen LogP) is 3.71. The molecule has 1 N–H and O–H groups in total. The molecule has 1 saturated carbocycles. The van der Waals surface area contributed by atoms with Crippen LogP contribution in [0.1, 0.15) is 29.9 Å². The Labute approximate surface area is 119 Å². The van der Waals surface area contributed by atoms with E-state index in [1.54, 1.807) is 0 Å². The summed E-state index contributed by atoms with van der Waals surface area (Å²) in [5.41, 5.74) is 4.38. The molecule has 0 radical (unpaired) electrons. The fraction of sp³-hybridized carbons (Fsp3) is 0.278. The molecule has 2 heteroatoms. The van der Waals surface area contributed by atoms with Crippen LogP contribution < -0.4 is 0 Å². The zero-order valence-corrected chi connectivity index (χ0v) is 11.3. The summed E-state index contributed by atoms with van der Waals surface area (Å²) in [4.78, 5) is 0. The largest absolute Gasteiger partial charge is 0.396 e. The molecule has 0 bridgehead atoms. The van der Waals surface area contributed by atoms with E-state index in [-0.39, 0.29) is 0 Å². The third-order valence-corrected chi connectivity index (χ3v) is 4.11. The molecule has 0 aromatic heterocycles. The molecule has 0 amide bonds. The number of rotatable bonds is 4. The van der Waals surface area contributed by atoms with Gasteiger partial charge in [-0.05, 0) is 53.5 Å². The summed E-state index contributed by atoms with van der Waals surface area (Å²) in [6.45, 7) is 0.296. The van der Waals surface area contributed by atoms with E-state index in [1.807, 2.05) is 24.3 Å². The van der Waals surface area contributed by atoms with Crippen molar-refractivity contribution in [3.63, 3.8) is 0 Å². The van der Waals surface area contributed by atoms with Crippen LogP contribution in [-0.4, -0.2) is 11.7 Å². The fourth-order valence-electron chi connectivity index (χ4n) is 2.80. The Morgan fingerprint density at radius 2 is 1.60 bits per heavy atom. The van der Waals surface area contributed by atoms with Gasteiger partial charge in [0.25, 0.3) is 0 Å². The van der Waals surface area contributed by atoms with E-state index in [4.69, 9.17) is 10.4 Å². The second-order valence-corrected chi connectivity index (χ2v) is 5.43. The van der Waals surface area contributed by atoms with E-state index in [1.165, 1.54) is 17.5 Å². The molecule has 0 heterocycles. The standard InChI is InChI=1S/C18H17NO/c19-12-13-1-3-14(4-2-13)15-5-7-16(8-6-15)18-11-17(18)9-10-20/h1-8,17-18,20H,9-11H2/t17-,18+/m1/s1. The van der Waals surface area contributed by atoms with Crippen molar-refractivity contribution in [2.24, 2.45) is 5.92 Å². The Morgan fingerprint density at radius 3 is 2.15 bits per heavy atom. The van der Waals surface area contributed by atoms with Crippen molar-refractivity contribution in [3.05, 3.63) is 59.7 Å². The van der Waals surface area contributed by atoms with Gasteiger partial charge in [0, 0.05) is 6.61 Å². The summed E-state index contributed by atoms with van der Waals surface area (Å²) in [6, 6.07) is 18.5. The Morgan fingerprint density at radius 1 is 1.00 bits per heavy atom. The highest BCUT2D eigenvalue weighted by Crippen LogP contribution is 2.49. The van der Waals surface area contributed by atoms with E-state index in [2.05, 4.69) is 30.3 Å². The zero-order chi connectivity index (χ0) is 13.9. The van der Waals surface area contributed by atoms with Gasteiger partial charge in [-0.25, -0.2) is 0 Å². The van der Waals surface area contributed by atoms with E-state index >= 15 is 0 Å². The lowest BCUT2D eigenvalue weighted by molar-refractivity contribution is 0.279. The molecule has 1 aliphatic carbocycles. The maximum Gasteiger partial charge on any atom is 0.0991 e. The minimum atomic E-state index is 0.296. The van der Waals surface area contributed by atoms with Crippen molar-refractivity contribution in [1.29, 1.82) is 5.26 Å². The molecule has 0 saturated heterocycles. The van der Waals surface area contributed by atoms with Crippen LogP contribution in [0.25, 0.3) is 11.1 Å². The highest BCUT2D eigenvalue weighted by Gasteiger charge is 2.37. The average molecular weight is 263 g/mol. The van der Waals surface area contributed by atoms with Gasteiger partial charge in [-0.2, -0.15) is 5.26 Å². The highest BCUT2D eigenvalue weighted by molar-refractivity contribution is 5.64. The summed E-state index contributed by atoms with van der Waals surface area (Å²) in [5.74, 6) is 1.30. The number of hydrogen-bond acceptors (Lipinski definition) is 2. The van der Waals surface area contributed by atoms with E-state index in [9.17, 15) is 0 Å². The SMILES string of the molecule is N#Cc1ccc(-c2ccc([C@@H]3C[C@H]3CCO)cc2)cc1. The summed E-state index contributed by atoms with van der Waals surface area (Å²) in [7, 11) is 0. The van der Waals surface area contributed by atoms with Crippen LogP contribution in [0.5, 0.6) is 0 Å². The normalized spacial score (nSPS) is 20.4. The minimum Gasteiger partial charge on any atom is -0.396 e. The van der Waals surface area contributed by atoms with Crippen LogP contribution in [-0.2, 0) is 0 Å². The van der Waals surface area contributed by atoms with Gasteiger partial charge in [0.1, 0.15) is 0 Å². The first-order chi connectivity index (χ1) is 9.81. The second kappa shape index (κ2) is 5.48. The second-order valence-electron chi connectivity index (χ2n) is 5.43. The molecular formula is C18H17NO. The molecule has 1 fully saturated rings. The van der Waals surface area contributed by atoms with Crippen LogP contribution in [0, 0.1) is 17.2 Å². The van der Waals surface area contributed by atoms with Gasteiger partial charge in [-0.3, -0.25) is 0 Å². The third kappa shape index (κ3) is 2.59. The third-order valence-electron chi connectivity index (χ3n) is 4.11. The van der Waals surface area contributed by atoms with Gasteiger partial charge in [-0.1, -0.05) is 36.4 Å². The number of nitriles is 1. The number of benzene rings is 2. The van der Waals surface area contributed by atoms with Crippen molar-refractivity contribution in [3.8, 4) is 17.2 Å². The molecule has 20 heavy (non-hydrogen) atoms. The maximum atomic E-state index is 8.95. The van der Waals surface area contributed by atoms with Gasteiger partial charge < -0.3 is 5.11 Å². The summed E-state index contributed by atoms with van der Waals surface area (Å²) >= 11 is 0. The van der Waals surface area contributed by atoms with Gasteiger partial charge in [-0.15, -0.1) is 0 Å². The Kier molecular flexibility index (Phi) is 3.54. The molecular weight excluding hydrogens is 246 g/mol. The predicted molar refractivity (Wildman–Crippen MR) is 79.1 cm³/mol. The lowest BCUT2D eigenvalue weighted by Crippen LogP contribution is -1.88. The molecule has 2 nitrogen and oxygen atoms in total. The molecule has 2 aromatic rings. The van der Waals surface area contributed by atoms with Crippen molar-refractivity contribution >= 4 is 0 Å². The van der Waals surface area contributed by atoms with Crippen LogP contribution in [0.3, 0.4) is 0 Å². The Balaban J connectivity index is 1.74. The topological polar surface area (TPSA) is 44.0 Å². The first-order valence-corrected chi connectivity index (χ1v) is 7.03. The van der Waals surface area contributed by atoms with Crippen LogP contribution in [0.2, 0.25) is 0 Å². The number of nitrogens with zero attached hydrogens (tertiary/aromatic N) is 1. The zero-order valence-electron chi connectivity index (χ0n) is 11.3. The lowest BCUT2D eigenvalue weighted by atomic mass is 10.0. The van der Waals surface area contributed by atoms with Crippen LogP contribution in [0.4, 0.5) is 0 Å².